The standard InChI is InChI=1S/C19H18O5S/c1-14(21)24-13-19(18(12-20)15-6-4-3-5-7-15)16-8-10-17(11-9-16)25(2,22)23/h3-12H,13H2,1-2H3. The summed E-state index contributed by atoms with van der Waals surface area (Å²) in [4.78, 5) is 23.1. The third-order valence-electron chi connectivity index (χ3n) is 3.58. The van der Waals surface area contributed by atoms with E-state index < -0.39 is 15.8 Å². The first-order valence-electron chi connectivity index (χ1n) is 7.50. The maximum atomic E-state index is 11.7. The van der Waals surface area contributed by atoms with Crippen LogP contribution in [0.4, 0.5) is 0 Å². The number of carbonyl (C=O) groups is 2. The highest BCUT2D eigenvalue weighted by atomic mass is 32.2. The number of allylic oxidation sites excluding steroid dienone is 1. The van der Waals surface area contributed by atoms with Crippen LogP contribution in [-0.2, 0) is 24.2 Å². The second-order valence-corrected chi connectivity index (χ2v) is 7.47. The van der Waals surface area contributed by atoms with Crippen molar-refractivity contribution in [1.82, 2.24) is 0 Å². The quantitative estimate of drug-likeness (QED) is 0.343. The van der Waals surface area contributed by atoms with Crippen LogP contribution >= 0.6 is 0 Å². The molecule has 0 fully saturated rings. The average molecular weight is 358 g/mol. The van der Waals surface area contributed by atoms with Gasteiger partial charge in [0.1, 0.15) is 6.61 Å². The first-order chi connectivity index (χ1) is 11.8. The molecular formula is C19H18O5S. The maximum absolute atomic E-state index is 11.7. The van der Waals surface area contributed by atoms with Gasteiger partial charge in [-0.15, -0.1) is 0 Å². The maximum Gasteiger partial charge on any atom is 0.302 e. The van der Waals surface area contributed by atoms with Crippen LogP contribution in [0.25, 0.3) is 11.1 Å². The highest BCUT2D eigenvalue weighted by Crippen LogP contribution is 2.26. The number of benzene rings is 2. The first-order valence-corrected chi connectivity index (χ1v) is 9.39. The Balaban J connectivity index is 2.57. The van der Waals surface area contributed by atoms with Crippen LogP contribution in [0.5, 0.6) is 0 Å². The number of aldehydes is 1. The predicted molar refractivity (Wildman–Crippen MR) is 95.5 cm³/mol. The number of rotatable bonds is 6. The SMILES string of the molecule is CC(=O)OCC(=C(C=O)c1ccccc1)c1ccc(S(C)(=O)=O)cc1. The molecule has 0 heterocycles. The molecule has 0 aliphatic heterocycles. The van der Waals surface area contributed by atoms with Gasteiger partial charge in [-0.25, -0.2) is 8.42 Å². The molecule has 0 amide bonds. The predicted octanol–water partition coefficient (Wildman–Crippen LogP) is 2.76. The Morgan fingerprint density at radius 2 is 1.60 bits per heavy atom. The minimum atomic E-state index is -3.32. The van der Waals surface area contributed by atoms with Gasteiger partial charge in [0.2, 0.25) is 0 Å². The van der Waals surface area contributed by atoms with Crippen LogP contribution in [-0.4, -0.2) is 33.5 Å². The van der Waals surface area contributed by atoms with E-state index in [-0.39, 0.29) is 11.5 Å². The zero-order chi connectivity index (χ0) is 18.4. The smallest absolute Gasteiger partial charge is 0.302 e. The summed E-state index contributed by atoms with van der Waals surface area (Å²) in [5, 5.41) is 0. The Kier molecular flexibility index (Phi) is 5.88. The highest BCUT2D eigenvalue weighted by molar-refractivity contribution is 7.90. The molecule has 0 saturated heterocycles. The normalized spacial score (nSPS) is 12.2. The molecule has 2 aromatic carbocycles. The molecule has 2 rings (SSSR count). The van der Waals surface area contributed by atoms with E-state index in [0.717, 1.165) is 6.26 Å². The summed E-state index contributed by atoms with van der Waals surface area (Å²) >= 11 is 0. The fraction of sp³-hybridized carbons (Fsp3) is 0.158. The van der Waals surface area contributed by atoms with Crippen molar-refractivity contribution in [3.05, 3.63) is 65.7 Å². The van der Waals surface area contributed by atoms with Crippen LogP contribution in [0.3, 0.4) is 0 Å². The molecule has 5 nitrogen and oxygen atoms in total. The lowest BCUT2D eigenvalue weighted by Gasteiger charge is -2.13. The molecule has 2 aromatic rings. The lowest BCUT2D eigenvalue weighted by molar-refractivity contribution is -0.139. The molecule has 0 bridgehead atoms. The average Bonchev–Trinajstić information content (AvgIpc) is 2.58. The molecule has 0 N–H and O–H groups in total. The van der Waals surface area contributed by atoms with Gasteiger partial charge in [-0.1, -0.05) is 42.5 Å². The van der Waals surface area contributed by atoms with Crippen molar-refractivity contribution in [3.63, 3.8) is 0 Å². The zero-order valence-electron chi connectivity index (χ0n) is 13.9. The van der Waals surface area contributed by atoms with E-state index in [4.69, 9.17) is 4.74 Å². The summed E-state index contributed by atoms with van der Waals surface area (Å²) in [6.45, 7) is 1.20. The summed E-state index contributed by atoms with van der Waals surface area (Å²) in [6.07, 6.45) is 1.83. The van der Waals surface area contributed by atoms with E-state index in [2.05, 4.69) is 0 Å². The Morgan fingerprint density at radius 3 is 2.08 bits per heavy atom. The molecule has 0 spiro atoms. The molecule has 0 unspecified atom stereocenters. The monoisotopic (exact) mass is 358 g/mol. The van der Waals surface area contributed by atoms with E-state index >= 15 is 0 Å². The van der Waals surface area contributed by atoms with Crippen molar-refractivity contribution in [2.75, 3.05) is 12.9 Å². The van der Waals surface area contributed by atoms with Crippen molar-refractivity contribution in [3.8, 4) is 0 Å². The van der Waals surface area contributed by atoms with Crippen molar-refractivity contribution in [2.24, 2.45) is 0 Å². The van der Waals surface area contributed by atoms with E-state index in [0.29, 0.717) is 28.6 Å². The number of hydrogen-bond donors (Lipinski definition) is 0. The molecular weight excluding hydrogens is 340 g/mol. The van der Waals surface area contributed by atoms with Crippen LogP contribution in [0, 0.1) is 0 Å². The van der Waals surface area contributed by atoms with Gasteiger partial charge in [0.25, 0.3) is 0 Å². The fourth-order valence-corrected chi connectivity index (χ4v) is 2.96. The van der Waals surface area contributed by atoms with Gasteiger partial charge in [0.05, 0.1) is 4.90 Å². The van der Waals surface area contributed by atoms with Gasteiger partial charge in [0.15, 0.2) is 16.1 Å². The third-order valence-corrected chi connectivity index (χ3v) is 4.71. The molecule has 25 heavy (non-hydrogen) atoms. The van der Waals surface area contributed by atoms with Crippen molar-refractivity contribution >= 4 is 33.2 Å². The molecule has 0 saturated carbocycles. The van der Waals surface area contributed by atoms with Crippen LogP contribution < -0.4 is 0 Å². The summed E-state index contributed by atoms with van der Waals surface area (Å²) in [6, 6.07) is 15.1. The topological polar surface area (TPSA) is 77.5 Å². The largest absolute Gasteiger partial charge is 0.461 e. The Hall–Kier alpha value is -2.73. The first kappa shape index (κ1) is 18.6. The van der Waals surface area contributed by atoms with Crippen LogP contribution in [0.15, 0.2) is 59.5 Å². The summed E-state index contributed by atoms with van der Waals surface area (Å²) in [7, 11) is -3.32. The minimum absolute atomic E-state index is 0.0868. The van der Waals surface area contributed by atoms with E-state index in [1.807, 2.05) is 6.07 Å². The highest BCUT2D eigenvalue weighted by Gasteiger charge is 2.14. The van der Waals surface area contributed by atoms with Gasteiger partial charge in [0, 0.05) is 24.3 Å². The molecule has 0 atom stereocenters. The number of hydrogen-bond acceptors (Lipinski definition) is 5. The number of carbonyl (C=O) groups excluding carboxylic acids is 2. The van der Waals surface area contributed by atoms with Crippen LogP contribution in [0.2, 0.25) is 0 Å². The van der Waals surface area contributed by atoms with Gasteiger partial charge in [-0.2, -0.15) is 0 Å². The second kappa shape index (κ2) is 7.90. The molecule has 0 aromatic heterocycles. The Bertz CT molecular complexity index is 895. The molecule has 0 radical (unpaired) electrons. The van der Waals surface area contributed by atoms with Gasteiger partial charge in [-0.05, 0) is 23.3 Å². The Morgan fingerprint density at radius 1 is 1.00 bits per heavy atom. The summed E-state index contributed by atoms with van der Waals surface area (Å²) in [5.74, 6) is -0.469. The summed E-state index contributed by atoms with van der Waals surface area (Å²) < 4.78 is 28.3. The van der Waals surface area contributed by atoms with Crippen LogP contribution in [0.1, 0.15) is 18.1 Å². The van der Waals surface area contributed by atoms with Crippen molar-refractivity contribution < 1.29 is 22.7 Å². The van der Waals surface area contributed by atoms with E-state index in [1.165, 1.54) is 19.1 Å². The van der Waals surface area contributed by atoms with Gasteiger partial charge >= 0.3 is 5.97 Å². The zero-order valence-corrected chi connectivity index (χ0v) is 14.7. The lowest BCUT2D eigenvalue weighted by atomic mass is 9.96. The molecule has 0 aliphatic rings. The van der Waals surface area contributed by atoms with Crippen molar-refractivity contribution in [2.45, 2.75) is 11.8 Å². The number of sulfone groups is 1. The molecule has 130 valence electrons. The second-order valence-electron chi connectivity index (χ2n) is 5.45. The Labute approximate surface area is 146 Å². The third kappa shape index (κ3) is 4.87. The van der Waals surface area contributed by atoms with Gasteiger partial charge < -0.3 is 4.74 Å². The van der Waals surface area contributed by atoms with E-state index in [1.54, 1.807) is 36.4 Å². The van der Waals surface area contributed by atoms with E-state index in [9.17, 15) is 18.0 Å². The fourth-order valence-electron chi connectivity index (χ4n) is 2.32. The number of esters is 1. The molecule has 6 heteroatoms. The summed E-state index contributed by atoms with van der Waals surface area (Å²) in [5.41, 5.74) is 2.19. The molecule has 0 aliphatic carbocycles. The number of ether oxygens (including phenoxy) is 1. The lowest BCUT2D eigenvalue weighted by Crippen LogP contribution is -2.06. The minimum Gasteiger partial charge on any atom is -0.461 e. The van der Waals surface area contributed by atoms with Crippen molar-refractivity contribution in [1.29, 1.82) is 0 Å². The van der Waals surface area contributed by atoms with Gasteiger partial charge in [-0.3, -0.25) is 9.59 Å².